The molecule has 0 aromatic carbocycles. The van der Waals surface area contributed by atoms with Crippen molar-refractivity contribution in [1.82, 2.24) is 4.90 Å². The molecule has 0 aliphatic carbocycles. The number of rotatable bonds is 5. The van der Waals surface area contributed by atoms with Gasteiger partial charge >= 0.3 is 0 Å². The van der Waals surface area contributed by atoms with Gasteiger partial charge in [-0.2, -0.15) is 0 Å². The Balaban J connectivity index is 2.31. The topological polar surface area (TPSA) is 46.3 Å². The van der Waals surface area contributed by atoms with E-state index in [1.807, 2.05) is 4.90 Å². The molecular formula is C13H24N2O. The highest BCUT2D eigenvalue weighted by Crippen LogP contribution is 2.26. The van der Waals surface area contributed by atoms with E-state index in [1.165, 1.54) is 0 Å². The second-order valence-electron chi connectivity index (χ2n) is 5.30. The minimum atomic E-state index is 0.191. The minimum absolute atomic E-state index is 0.191. The predicted octanol–water partition coefficient (Wildman–Crippen LogP) is 1.93. The molecule has 0 aromatic heterocycles. The molecule has 0 bridgehead atoms. The number of carbonyl (C=O) groups excluding carboxylic acids is 1. The Kier molecular flexibility index (Phi) is 5.00. The lowest BCUT2D eigenvalue weighted by molar-refractivity contribution is -0.131. The largest absolute Gasteiger partial charge is 0.339 e. The molecule has 16 heavy (non-hydrogen) atoms. The molecular weight excluding hydrogens is 200 g/mol. The molecule has 92 valence electrons. The van der Waals surface area contributed by atoms with Gasteiger partial charge in [0.1, 0.15) is 0 Å². The molecule has 1 amide bonds. The fraction of sp³-hybridized carbons (Fsp3) is 0.769. The van der Waals surface area contributed by atoms with Gasteiger partial charge in [0.2, 0.25) is 5.91 Å². The number of carbonyl (C=O) groups is 1. The summed E-state index contributed by atoms with van der Waals surface area (Å²) in [5, 5.41) is 0. The Morgan fingerprint density at radius 1 is 1.38 bits per heavy atom. The zero-order valence-electron chi connectivity index (χ0n) is 10.5. The predicted molar refractivity (Wildman–Crippen MR) is 67.0 cm³/mol. The van der Waals surface area contributed by atoms with Crippen LogP contribution in [0.15, 0.2) is 12.2 Å². The van der Waals surface area contributed by atoms with Crippen molar-refractivity contribution in [2.24, 2.45) is 11.1 Å². The standard InChI is InChI=1S/C13H24N2O/c1-13(2,8-9-14)7-6-12(16)15-10-4-3-5-11-15/h3-4H,5-11,14H2,1-2H3. The second kappa shape index (κ2) is 6.04. The monoisotopic (exact) mass is 224 g/mol. The smallest absolute Gasteiger partial charge is 0.222 e. The van der Waals surface area contributed by atoms with E-state index in [0.717, 1.165) is 32.4 Å². The van der Waals surface area contributed by atoms with Crippen LogP contribution in [0, 0.1) is 5.41 Å². The summed E-state index contributed by atoms with van der Waals surface area (Å²) < 4.78 is 0. The maximum absolute atomic E-state index is 11.9. The highest BCUT2D eigenvalue weighted by molar-refractivity contribution is 5.76. The third kappa shape index (κ3) is 4.35. The third-order valence-corrected chi connectivity index (χ3v) is 3.25. The first kappa shape index (κ1) is 13.2. The minimum Gasteiger partial charge on any atom is -0.339 e. The van der Waals surface area contributed by atoms with E-state index in [2.05, 4.69) is 26.0 Å². The van der Waals surface area contributed by atoms with Crippen LogP contribution in [0.4, 0.5) is 0 Å². The molecule has 0 saturated heterocycles. The van der Waals surface area contributed by atoms with Crippen LogP contribution in [-0.4, -0.2) is 30.4 Å². The number of hydrogen-bond acceptors (Lipinski definition) is 2. The van der Waals surface area contributed by atoms with Crippen molar-refractivity contribution in [1.29, 1.82) is 0 Å². The van der Waals surface area contributed by atoms with Crippen LogP contribution in [-0.2, 0) is 4.79 Å². The van der Waals surface area contributed by atoms with E-state index in [1.54, 1.807) is 0 Å². The third-order valence-electron chi connectivity index (χ3n) is 3.25. The van der Waals surface area contributed by atoms with Crippen LogP contribution in [0.2, 0.25) is 0 Å². The van der Waals surface area contributed by atoms with Gasteiger partial charge in [0.05, 0.1) is 0 Å². The maximum atomic E-state index is 11.9. The molecule has 1 heterocycles. The van der Waals surface area contributed by atoms with Gasteiger partial charge < -0.3 is 10.6 Å². The van der Waals surface area contributed by atoms with E-state index in [0.29, 0.717) is 13.0 Å². The average Bonchev–Trinajstić information content (AvgIpc) is 2.27. The SMILES string of the molecule is CC(C)(CCN)CCC(=O)N1CC=CCC1. The normalized spacial score (nSPS) is 16.6. The molecule has 0 unspecified atom stereocenters. The summed E-state index contributed by atoms with van der Waals surface area (Å²) in [4.78, 5) is 13.9. The van der Waals surface area contributed by atoms with Gasteiger partial charge in [0, 0.05) is 19.5 Å². The van der Waals surface area contributed by atoms with Crippen LogP contribution in [0.25, 0.3) is 0 Å². The van der Waals surface area contributed by atoms with Crippen molar-refractivity contribution in [3.8, 4) is 0 Å². The Labute approximate surface area is 98.7 Å². The average molecular weight is 224 g/mol. The Hall–Kier alpha value is -0.830. The summed E-state index contributed by atoms with van der Waals surface area (Å²) in [6, 6.07) is 0. The number of hydrogen-bond donors (Lipinski definition) is 1. The van der Waals surface area contributed by atoms with Crippen molar-refractivity contribution in [2.75, 3.05) is 19.6 Å². The van der Waals surface area contributed by atoms with Gasteiger partial charge in [-0.05, 0) is 31.2 Å². The Morgan fingerprint density at radius 3 is 2.69 bits per heavy atom. The van der Waals surface area contributed by atoms with Gasteiger partial charge in [-0.3, -0.25) is 4.79 Å². The van der Waals surface area contributed by atoms with E-state index in [4.69, 9.17) is 5.73 Å². The highest BCUT2D eigenvalue weighted by Gasteiger charge is 2.20. The molecule has 1 rings (SSSR count). The van der Waals surface area contributed by atoms with E-state index in [9.17, 15) is 4.79 Å². The fourth-order valence-electron chi connectivity index (χ4n) is 1.99. The van der Waals surface area contributed by atoms with E-state index < -0.39 is 0 Å². The summed E-state index contributed by atoms with van der Waals surface area (Å²) in [7, 11) is 0. The molecule has 1 aliphatic rings. The molecule has 1 aliphatic heterocycles. The molecule has 3 nitrogen and oxygen atoms in total. The Bertz CT molecular complexity index is 259. The Morgan fingerprint density at radius 2 is 2.12 bits per heavy atom. The second-order valence-corrected chi connectivity index (χ2v) is 5.30. The first-order chi connectivity index (χ1) is 7.55. The van der Waals surface area contributed by atoms with Crippen LogP contribution in [0.1, 0.15) is 39.5 Å². The first-order valence-corrected chi connectivity index (χ1v) is 6.18. The molecule has 0 atom stereocenters. The molecule has 2 N–H and O–H groups in total. The summed E-state index contributed by atoms with van der Waals surface area (Å²) >= 11 is 0. The lowest BCUT2D eigenvalue weighted by atomic mass is 9.84. The molecule has 0 radical (unpaired) electrons. The fourth-order valence-corrected chi connectivity index (χ4v) is 1.99. The zero-order chi connectivity index (χ0) is 12.0. The summed E-state index contributed by atoms with van der Waals surface area (Å²) in [5.74, 6) is 0.287. The quantitative estimate of drug-likeness (QED) is 0.725. The highest BCUT2D eigenvalue weighted by atomic mass is 16.2. The van der Waals surface area contributed by atoms with Crippen LogP contribution in [0.5, 0.6) is 0 Å². The first-order valence-electron chi connectivity index (χ1n) is 6.18. The number of nitrogens with two attached hydrogens (primary N) is 1. The van der Waals surface area contributed by atoms with E-state index in [-0.39, 0.29) is 11.3 Å². The number of amides is 1. The molecule has 0 fully saturated rings. The molecule has 0 spiro atoms. The van der Waals surface area contributed by atoms with Crippen LogP contribution in [0.3, 0.4) is 0 Å². The summed E-state index contributed by atoms with van der Waals surface area (Å²) in [6.45, 7) is 6.74. The van der Waals surface area contributed by atoms with Crippen molar-refractivity contribution in [3.63, 3.8) is 0 Å². The van der Waals surface area contributed by atoms with Gasteiger partial charge in [-0.15, -0.1) is 0 Å². The zero-order valence-corrected chi connectivity index (χ0v) is 10.5. The maximum Gasteiger partial charge on any atom is 0.222 e. The lowest BCUT2D eigenvalue weighted by Gasteiger charge is -2.27. The van der Waals surface area contributed by atoms with Crippen molar-refractivity contribution in [2.45, 2.75) is 39.5 Å². The van der Waals surface area contributed by atoms with Crippen molar-refractivity contribution < 1.29 is 4.79 Å². The van der Waals surface area contributed by atoms with Gasteiger partial charge in [-0.1, -0.05) is 26.0 Å². The van der Waals surface area contributed by atoms with Crippen LogP contribution >= 0.6 is 0 Å². The summed E-state index contributed by atoms with van der Waals surface area (Å²) in [5.41, 5.74) is 5.75. The summed E-state index contributed by atoms with van der Waals surface area (Å²) in [6.07, 6.45) is 7.79. The molecule has 0 aromatic rings. The van der Waals surface area contributed by atoms with Gasteiger partial charge in [-0.25, -0.2) is 0 Å². The molecule has 0 saturated carbocycles. The van der Waals surface area contributed by atoms with Crippen molar-refractivity contribution >= 4 is 5.91 Å². The van der Waals surface area contributed by atoms with Gasteiger partial charge in [0.15, 0.2) is 0 Å². The van der Waals surface area contributed by atoms with Gasteiger partial charge in [0.25, 0.3) is 0 Å². The van der Waals surface area contributed by atoms with E-state index >= 15 is 0 Å². The number of nitrogens with zero attached hydrogens (tertiary/aromatic N) is 1. The lowest BCUT2D eigenvalue weighted by Crippen LogP contribution is -2.34. The van der Waals surface area contributed by atoms with Crippen LogP contribution < -0.4 is 5.73 Å². The molecule has 3 heteroatoms. The van der Waals surface area contributed by atoms with Crippen molar-refractivity contribution in [3.05, 3.63) is 12.2 Å².